The van der Waals surface area contributed by atoms with Crippen LogP contribution < -0.4 is 5.32 Å². The molecule has 3 nitrogen and oxygen atoms in total. The molecule has 2 rings (SSSR count). The summed E-state index contributed by atoms with van der Waals surface area (Å²) in [6.07, 6.45) is 5.70. The molecule has 21 heavy (non-hydrogen) atoms. The summed E-state index contributed by atoms with van der Waals surface area (Å²) in [6.45, 7) is 6.08. The van der Waals surface area contributed by atoms with Crippen molar-refractivity contribution in [3.8, 4) is 0 Å². The maximum absolute atomic E-state index is 12.9. The van der Waals surface area contributed by atoms with Crippen LogP contribution in [0.4, 0.5) is 0 Å². The summed E-state index contributed by atoms with van der Waals surface area (Å²) in [4.78, 5) is 16.0. The third-order valence-corrected chi connectivity index (χ3v) is 4.85. The van der Waals surface area contributed by atoms with Gasteiger partial charge in [-0.15, -0.1) is 11.8 Å². The first kappa shape index (κ1) is 16.4. The van der Waals surface area contributed by atoms with Crippen LogP contribution in [-0.4, -0.2) is 42.2 Å². The number of hydrogen-bond acceptors (Lipinski definition) is 3. The van der Waals surface area contributed by atoms with Crippen molar-refractivity contribution < 1.29 is 4.79 Å². The average molecular weight is 306 g/mol. The Bertz CT molecular complexity index is 470. The zero-order valence-electron chi connectivity index (χ0n) is 13.3. The smallest absolute Gasteiger partial charge is 0.255 e. The molecule has 0 spiro atoms. The first-order valence-corrected chi connectivity index (χ1v) is 9.03. The monoisotopic (exact) mass is 306 g/mol. The summed E-state index contributed by atoms with van der Waals surface area (Å²) in [5.41, 5.74) is 0.828. The van der Waals surface area contributed by atoms with E-state index in [9.17, 15) is 4.79 Å². The van der Waals surface area contributed by atoms with Gasteiger partial charge in [0.2, 0.25) is 0 Å². The standard InChI is InChI=1S/C17H26N2OS/c1-13(2)19(12-14-8-6-7-11-18-14)17(20)15-9-4-5-10-16(15)21-3/h4-5,9-10,13-14,18H,6-8,11-12H2,1-3H3. The number of nitrogens with one attached hydrogen (secondary N) is 1. The number of carbonyl (C=O) groups excluding carboxylic acids is 1. The molecule has 1 fully saturated rings. The lowest BCUT2D eigenvalue weighted by atomic mass is 10.0. The van der Waals surface area contributed by atoms with Gasteiger partial charge in [-0.1, -0.05) is 18.6 Å². The second kappa shape index (κ2) is 7.85. The van der Waals surface area contributed by atoms with Crippen LogP contribution in [0.1, 0.15) is 43.5 Å². The summed E-state index contributed by atoms with van der Waals surface area (Å²) in [6, 6.07) is 8.56. The number of amides is 1. The maximum atomic E-state index is 12.9. The van der Waals surface area contributed by atoms with E-state index in [0.717, 1.165) is 23.5 Å². The van der Waals surface area contributed by atoms with E-state index in [1.165, 1.54) is 19.3 Å². The first-order valence-electron chi connectivity index (χ1n) is 7.81. The van der Waals surface area contributed by atoms with Crippen molar-refractivity contribution in [2.24, 2.45) is 0 Å². The molecular weight excluding hydrogens is 280 g/mol. The molecule has 1 aliphatic heterocycles. The minimum atomic E-state index is 0.155. The fourth-order valence-electron chi connectivity index (χ4n) is 2.82. The van der Waals surface area contributed by atoms with Gasteiger partial charge >= 0.3 is 0 Å². The second-order valence-corrected chi connectivity index (χ2v) is 6.75. The molecule has 0 aromatic heterocycles. The van der Waals surface area contributed by atoms with Crippen LogP contribution in [0.3, 0.4) is 0 Å². The zero-order valence-corrected chi connectivity index (χ0v) is 14.1. The van der Waals surface area contributed by atoms with Crippen LogP contribution in [0.25, 0.3) is 0 Å². The van der Waals surface area contributed by atoms with E-state index in [4.69, 9.17) is 0 Å². The van der Waals surface area contributed by atoms with Crippen molar-refractivity contribution in [3.63, 3.8) is 0 Å². The number of rotatable bonds is 5. The quantitative estimate of drug-likeness (QED) is 0.846. The van der Waals surface area contributed by atoms with Crippen LogP contribution in [0.5, 0.6) is 0 Å². The minimum Gasteiger partial charge on any atom is -0.335 e. The molecule has 0 radical (unpaired) electrons. The molecule has 1 aromatic carbocycles. The molecule has 1 heterocycles. The minimum absolute atomic E-state index is 0.155. The van der Waals surface area contributed by atoms with Gasteiger partial charge in [-0.2, -0.15) is 0 Å². The third kappa shape index (κ3) is 4.24. The Hall–Kier alpha value is -1.00. The van der Waals surface area contributed by atoms with Crippen LogP contribution >= 0.6 is 11.8 Å². The zero-order chi connectivity index (χ0) is 15.2. The highest BCUT2D eigenvalue weighted by Gasteiger charge is 2.24. The summed E-state index contributed by atoms with van der Waals surface area (Å²) < 4.78 is 0. The van der Waals surface area contributed by atoms with Gasteiger partial charge in [0.1, 0.15) is 0 Å². The summed E-state index contributed by atoms with van der Waals surface area (Å²) in [5.74, 6) is 0.155. The topological polar surface area (TPSA) is 32.3 Å². The number of hydrogen-bond donors (Lipinski definition) is 1. The molecule has 0 saturated carbocycles. The fraction of sp³-hybridized carbons (Fsp3) is 0.588. The Kier molecular flexibility index (Phi) is 6.12. The molecule has 4 heteroatoms. The van der Waals surface area contributed by atoms with Crippen LogP contribution in [0, 0.1) is 0 Å². The number of benzene rings is 1. The van der Waals surface area contributed by atoms with E-state index in [1.807, 2.05) is 35.4 Å². The maximum Gasteiger partial charge on any atom is 0.255 e. The fourth-order valence-corrected chi connectivity index (χ4v) is 3.41. The van der Waals surface area contributed by atoms with Crippen molar-refractivity contribution >= 4 is 17.7 Å². The summed E-state index contributed by atoms with van der Waals surface area (Å²) >= 11 is 1.64. The SMILES string of the molecule is CSc1ccccc1C(=O)N(CC1CCCCN1)C(C)C. The molecule has 1 saturated heterocycles. The van der Waals surface area contributed by atoms with Gasteiger partial charge in [0.25, 0.3) is 5.91 Å². The molecular formula is C17H26N2OS. The van der Waals surface area contributed by atoms with E-state index in [-0.39, 0.29) is 11.9 Å². The highest BCUT2D eigenvalue weighted by atomic mass is 32.2. The number of thioether (sulfide) groups is 1. The van der Waals surface area contributed by atoms with Crippen molar-refractivity contribution in [1.82, 2.24) is 10.2 Å². The van der Waals surface area contributed by atoms with E-state index in [0.29, 0.717) is 6.04 Å². The Balaban J connectivity index is 2.14. The summed E-state index contributed by atoms with van der Waals surface area (Å²) in [7, 11) is 0. The van der Waals surface area contributed by atoms with Crippen LogP contribution in [-0.2, 0) is 0 Å². The van der Waals surface area contributed by atoms with Crippen LogP contribution in [0.2, 0.25) is 0 Å². The number of nitrogens with zero attached hydrogens (tertiary/aromatic N) is 1. The van der Waals surface area contributed by atoms with Gasteiger partial charge < -0.3 is 10.2 Å². The Morgan fingerprint density at radius 1 is 1.38 bits per heavy atom. The predicted octanol–water partition coefficient (Wildman–Crippen LogP) is 3.40. The first-order chi connectivity index (χ1) is 10.1. The van der Waals surface area contributed by atoms with E-state index in [2.05, 4.69) is 19.2 Å². The highest BCUT2D eigenvalue weighted by molar-refractivity contribution is 7.98. The predicted molar refractivity (Wildman–Crippen MR) is 90.0 cm³/mol. The van der Waals surface area contributed by atoms with Gasteiger partial charge in [-0.3, -0.25) is 4.79 Å². The molecule has 116 valence electrons. The van der Waals surface area contributed by atoms with Gasteiger partial charge in [0.15, 0.2) is 0 Å². The molecule has 0 bridgehead atoms. The number of piperidine rings is 1. The molecule has 1 atom stereocenters. The Morgan fingerprint density at radius 3 is 2.76 bits per heavy atom. The van der Waals surface area contributed by atoms with Gasteiger partial charge in [-0.25, -0.2) is 0 Å². The van der Waals surface area contributed by atoms with Gasteiger partial charge in [0.05, 0.1) is 5.56 Å². The second-order valence-electron chi connectivity index (χ2n) is 5.90. The van der Waals surface area contributed by atoms with Gasteiger partial charge in [0, 0.05) is 23.5 Å². The Morgan fingerprint density at radius 2 is 2.14 bits per heavy atom. The van der Waals surface area contributed by atoms with E-state index >= 15 is 0 Å². The van der Waals surface area contributed by atoms with E-state index < -0.39 is 0 Å². The molecule has 1 unspecified atom stereocenters. The highest BCUT2D eigenvalue weighted by Crippen LogP contribution is 2.22. The normalized spacial score (nSPS) is 18.8. The number of carbonyl (C=O) groups is 1. The lowest BCUT2D eigenvalue weighted by Crippen LogP contribution is -2.48. The van der Waals surface area contributed by atoms with Crippen molar-refractivity contribution in [3.05, 3.63) is 29.8 Å². The largest absolute Gasteiger partial charge is 0.335 e. The van der Waals surface area contributed by atoms with Crippen LogP contribution in [0.15, 0.2) is 29.2 Å². The molecule has 0 aliphatic carbocycles. The molecule has 1 amide bonds. The lowest BCUT2D eigenvalue weighted by molar-refractivity contribution is 0.0673. The van der Waals surface area contributed by atoms with Crippen molar-refractivity contribution in [2.45, 2.75) is 50.1 Å². The van der Waals surface area contributed by atoms with Crippen molar-refractivity contribution in [1.29, 1.82) is 0 Å². The molecule has 1 N–H and O–H groups in total. The third-order valence-electron chi connectivity index (χ3n) is 4.05. The van der Waals surface area contributed by atoms with Gasteiger partial charge in [-0.05, 0) is 51.6 Å². The lowest BCUT2D eigenvalue weighted by Gasteiger charge is -2.33. The average Bonchev–Trinajstić information content (AvgIpc) is 2.52. The summed E-state index contributed by atoms with van der Waals surface area (Å²) in [5, 5.41) is 3.54. The Labute approximate surface area is 132 Å². The van der Waals surface area contributed by atoms with Crippen molar-refractivity contribution in [2.75, 3.05) is 19.3 Å². The molecule has 1 aromatic rings. The van der Waals surface area contributed by atoms with E-state index in [1.54, 1.807) is 11.8 Å². The molecule has 1 aliphatic rings.